The summed E-state index contributed by atoms with van der Waals surface area (Å²) in [4.78, 5) is 12.0. The molecule has 2 aromatic carbocycles. The molecule has 0 heterocycles. The van der Waals surface area contributed by atoms with Crippen LogP contribution in [0, 0.1) is 5.82 Å². The van der Waals surface area contributed by atoms with Crippen LogP contribution in [0.2, 0.25) is 0 Å². The summed E-state index contributed by atoms with van der Waals surface area (Å²) in [5.74, 6) is 0.173. The Labute approximate surface area is 165 Å². The molecule has 6 nitrogen and oxygen atoms in total. The second kappa shape index (κ2) is 10.1. The maximum atomic E-state index is 13.1. The van der Waals surface area contributed by atoms with Crippen molar-refractivity contribution in [3.63, 3.8) is 0 Å². The fourth-order valence-electron chi connectivity index (χ4n) is 2.64. The molecule has 28 heavy (non-hydrogen) atoms. The Balaban J connectivity index is 1.83. The Kier molecular flexibility index (Phi) is 7.80. The van der Waals surface area contributed by atoms with E-state index in [1.165, 1.54) is 28.6 Å². The number of benzene rings is 2. The standard InChI is InChI=1S/C20H25FN2O4S/c1-3-27-19-12-6-16(7-13-19)15-22-20(24)5-4-14-23(28(2,25)26)18-10-8-17(21)9-11-18/h6-13H,3-5,14-15H2,1-2H3,(H,22,24). The van der Waals surface area contributed by atoms with Crippen LogP contribution < -0.4 is 14.4 Å². The van der Waals surface area contributed by atoms with Gasteiger partial charge < -0.3 is 10.1 Å². The van der Waals surface area contributed by atoms with Crippen molar-refractivity contribution in [2.75, 3.05) is 23.7 Å². The van der Waals surface area contributed by atoms with Crippen LogP contribution in [0.15, 0.2) is 48.5 Å². The molecule has 0 aromatic heterocycles. The van der Waals surface area contributed by atoms with Crippen molar-refractivity contribution in [3.8, 4) is 5.75 Å². The van der Waals surface area contributed by atoms with E-state index in [4.69, 9.17) is 4.74 Å². The molecule has 0 aliphatic carbocycles. The molecule has 8 heteroatoms. The van der Waals surface area contributed by atoms with Crippen molar-refractivity contribution in [1.82, 2.24) is 5.32 Å². The van der Waals surface area contributed by atoms with Crippen LogP contribution in [0.25, 0.3) is 0 Å². The van der Waals surface area contributed by atoms with Gasteiger partial charge in [-0.25, -0.2) is 12.8 Å². The monoisotopic (exact) mass is 408 g/mol. The molecule has 0 saturated heterocycles. The van der Waals surface area contributed by atoms with Gasteiger partial charge in [0, 0.05) is 19.5 Å². The van der Waals surface area contributed by atoms with Gasteiger partial charge >= 0.3 is 0 Å². The summed E-state index contributed by atoms with van der Waals surface area (Å²) in [6, 6.07) is 12.7. The second-order valence-electron chi connectivity index (χ2n) is 6.27. The highest BCUT2D eigenvalue weighted by Crippen LogP contribution is 2.18. The Morgan fingerprint density at radius 2 is 1.75 bits per heavy atom. The van der Waals surface area contributed by atoms with Gasteiger partial charge in [-0.05, 0) is 55.3 Å². The van der Waals surface area contributed by atoms with Crippen LogP contribution in [0.4, 0.5) is 10.1 Å². The van der Waals surface area contributed by atoms with Gasteiger partial charge in [-0.3, -0.25) is 9.10 Å². The molecule has 1 N–H and O–H groups in total. The first-order valence-corrected chi connectivity index (χ1v) is 10.9. The van der Waals surface area contributed by atoms with Crippen molar-refractivity contribution in [3.05, 3.63) is 59.9 Å². The number of ether oxygens (including phenoxy) is 1. The number of carbonyl (C=O) groups excluding carboxylic acids is 1. The topological polar surface area (TPSA) is 75.7 Å². The number of nitrogens with one attached hydrogen (secondary N) is 1. The highest BCUT2D eigenvalue weighted by Gasteiger charge is 2.17. The van der Waals surface area contributed by atoms with Gasteiger partial charge in [-0.2, -0.15) is 0 Å². The first-order chi connectivity index (χ1) is 13.3. The van der Waals surface area contributed by atoms with Gasteiger partial charge in [0.2, 0.25) is 15.9 Å². The van der Waals surface area contributed by atoms with Crippen molar-refractivity contribution in [2.24, 2.45) is 0 Å². The molecule has 0 aliphatic rings. The number of hydrogen-bond donors (Lipinski definition) is 1. The molecule has 0 radical (unpaired) electrons. The fourth-order valence-corrected chi connectivity index (χ4v) is 3.60. The molecule has 2 rings (SSSR count). The molecule has 1 amide bonds. The minimum absolute atomic E-state index is 0.140. The van der Waals surface area contributed by atoms with E-state index in [0.29, 0.717) is 25.3 Å². The van der Waals surface area contributed by atoms with E-state index in [2.05, 4.69) is 5.32 Å². The molecule has 0 fully saturated rings. The van der Waals surface area contributed by atoms with Gasteiger partial charge in [0.1, 0.15) is 11.6 Å². The smallest absolute Gasteiger partial charge is 0.232 e. The number of carbonyl (C=O) groups is 1. The summed E-state index contributed by atoms with van der Waals surface area (Å²) < 4.78 is 43.6. The van der Waals surface area contributed by atoms with E-state index in [1.807, 2.05) is 31.2 Å². The maximum Gasteiger partial charge on any atom is 0.232 e. The Morgan fingerprint density at radius 1 is 1.11 bits per heavy atom. The minimum Gasteiger partial charge on any atom is -0.494 e. The van der Waals surface area contributed by atoms with E-state index < -0.39 is 15.8 Å². The summed E-state index contributed by atoms with van der Waals surface area (Å²) in [6.07, 6.45) is 1.62. The molecule has 0 saturated carbocycles. The third-order valence-electron chi connectivity index (χ3n) is 4.00. The van der Waals surface area contributed by atoms with E-state index in [0.717, 1.165) is 17.6 Å². The number of rotatable bonds is 10. The maximum absolute atomic E-state index is 13.1. The molecule has 0 bridgehead atoms. The first-order valence-electron chi connectivity index (χ1n) is 9.01. The molecule has 0 spiro atoms. The summed E-state index contributed by atoms with van der Waals surface area (Å²) in [5.41, 5.74) is 1.32. The summed E-state index contributed by atoms with van der Waals surface area (Å²) in [6.45, 7) is 3.04. The van der Waals surface area contributed by atoms with Crippen molar-refractivity contribution >= 4 is 21.6 Å². The van der Waals surface area contributed by atoms with E-state index in [-0.39, 0.29) is 18.9 Å². The lowest BCUT2D eigenvalue weighted by atomic mass is 10.2. The lowest BCUT2D eigenvalue weighted by Crippen LogP contribution is -2.32. The van der Waals surface area contributed by atoms with Gasteiger partial charge in [0.15, 0.2) is 0 Å². The zero-order chi connectivity index (χ0) is 20.6. The Morgan fingerprint density at radius 3 is 2.32 bits per heavy atom. The largest absolute Gasteiger partial charge is 0.494 e. The van der Waals surface area contributed by atoms with Gasteiger partial charge in [-0.15, -0.1) is 0 Å². The normalized spacial score (nSPS) is 11.1. The molecule has 2 aromatic rings. The number of anilines is 1. The molecule has 0 aliphatic heterocycles. The van der Waals surface area contributed by atoms with Crippen molar-refractivity contribution in [1.29, 1.82) is 0 Å². The quantitative estimate of drug-likeness (QED) is 0.656. The van der Waals surface area contributed by atoms with Crippen LogP contribution in [-0.2, 0) is 21.4 Å². The average Bonchev–Trinajstić information content (AvgIpc) is 2.65. The fraction of sp³-hybridized carbons (Fsp3) is 0.350. The van der Waals surface area contributed by atoms with Crippen LogP contribution in [0.3, 0.4) is 0 Å². The zero-order valence-electron chi connectivity index (χ0n) is 16.0. The van der Waals surface area contributed by atoms with Crippen molar-refractivity contribution < 1.29 is 22.3 Å². The number of hydrogen-bond acceptors (Lipinski definition) is 4. The number of sulfonamides is 1. The van der Waals surface area contributed by atoms with Gasteiger partial charge in [-0.1, -0.05) is 12.1 Å². The Bertz CT molecular complexity index is 868. The second-order valence-corrected chi connectivity index (χ2v) is 8.18. The van der Waals surface area contributed by atoms with E-state index >= 15 is 0 Å². The zero-order valence-corrected chi connectivity index (χ0v) is 16.8. The highest BCUT2D eigenvalue weighted by atomic mass is 32.2. The predicted molar refractivity (Wildman–Crippen MR) is 107 cm³/mol. The summed E-state index contributed by atoms with van der Waals surface area (Å²) in [7, 11) is -3.53. The SMILES string of the molecule is CCOc1ccc(CNC(=O)CCCN(c2ccc(F)cc2)S(C)(=O)=O)cc1. The van der Waals surface area contributed by atoms with Crippen LogP contribution in [0.1, 0.15) is 25.3 Å². The molecular weight excluding hydrogens is 383 g/mol. The summed E-state index contributed by atoms with van der Waals surface area (Å²) >= 11 is 0. The van der Waals surface area contributed by atoms with Gasteiger partial charge in [0.25, 0.3) is 0 Å². The molecule has 152 valence electrons. The van der Waals surface area contributed by atoms with Gasteiger partial charge in [0.05, 0.1) is 18.6 Å². The molecule has 0 atom stereocenters. The Hall–Kier alpha value is -2.61. The number of nitrogens with zero attached hydrogens (tertiary/aromatic N) is 1. The predicted octanol–water partition coefficient (Wildman–Crippen LogP) is 3.09. The lowest BCUT2D eigenvalue weighted by Gasteiger charge is -2.22. The van der Waals surface area contributed by atoms with Crippen LogP contribution in [-0.4, -0.2) is 33.7 Å². The van der Waals surface area contributed by atoms with E-state index in [9.17, 15) is 17.6 Å². The third kappa shape index (κ3) is 6.84. The van der Waals surface area contributed by atoms with E-state index in [1.54, 1.807) is 0 Å². The third-order valence-corrected chi connectivity index (χ3v) is 5.20. The summed E-state index contributed by atoms with van der Waals surface area (Å²) in [5, 5.41) is 2.81. The van der Waals surface area contributed by atoms with Crippen molar-refractivity contribution in [2.45, 2.75) is 26.3 Å². The average molecular weight is 408 g/mol. The molecular formula is C20H25FN2O4S. The first kappa shape index (κ1) is 21.7. The number of amides is 1. The van der Waals surface area contributed by atoms with Crippen LogP contribution >= 0.6 is 0 Å². The minimum atomic E-state index is -3.53. The molecule has 0 unspecified atom stereocenters. The number of halogens is 1. The van der Waals surface area contributed by atoms with Crippen LogP contribution in [0.5, 0.6) is 5.75 Å². The highest BCUT2D eigenvalue weighted by molar-refractivity contribution is 7.92. The lowest BCUT2D eigenvalue weighted by molar-refractivity contribution is -0.121.